The summed E-state index contributed by atoms with van der Waals surface area (Å²) in [5.74, 6) is -2.08. The fraction of sp³-hybridized carbons (Fsp3) is 0.0714. The summed E-state index contributed by atoms with van der Waals surface area (Å²) in [6, 6.07) is 6.51. The molecule has 0 bridgehead atoms. The van der Waals surface area contributed by atoms with Crippen LogP contribution in [0.15, 0.2) is 34.8 Å². The average Bonchev–Trinajstić information content (AvgIpc) is 2.36. The van der Waals surface area contributed by atoms with Gasteiger partial charge in [-0.1, -0.05) is 0 Å². The van der Waals surface area contributed by atoms with E-state index in [-0.39, 0.29) is 10.2 Å². The Labute approximate surface area is 122 Å². The van der Waals surface area contributed by atoms with Crippen LogP contribution in [0.25, 0.3) is 0 Å². The Kier molecular flexibility index (Phi) is 4.04. The number of nitrogens with two attached hydrogens (primary N) is 1. The van der Waals surface area contributed by atoms with Gasteiger partial charge in [-0.3, -0.25) is 4.79 Å². The normalized spacial score (nSPS) is 10.4. The van der Waals surface area contributed by atoms with Crippen LogP contribution in [-0.2, 0) is 0 Å². The summed E-state index contributed by atoms with van der Waals surface area (Å²) in [6.45, 7) is 1.76. The molecule has 0 unspecified atom stereocenters. The lowest BCUT2D eigenvalue weighted by Gasteiger charge is -2.10. The molecule has 0 aromatic heterocycles. The molecule has 0 atom stereocenters. The van der Waals surface area contributed by atoms with Crippen molar-refractivity contribution in [2.75, 3.05) is 11.1 Å². The van der Waals surface area contributed by atoms with Crippen LogP contribution in [-0.4, -0.2) is 5.91 Å². The number of hydrogen-bond acceptors (Lipinski definition) is 2. The van der Waals surface area contributed by atoms with E-state index >= 15 is 0 Å². The third-order valence-corrected chi connectivity index (χ3v) is 3.40. The largest absolute Gasteiger partial charge is 0.399 e. The van der Waals surface area contributed by atoms with Gasteiger partial charge < -0.3 is 11.1 Å². The highest BCUT2D eigenvalue weighted by atomic mass is 79.9. The van der Waals surface area contributed by atoms with E-state index in [1.54, 1.807) is 19.1 Å². The minimum atomic E-state index is -0.850. The van der Waals surface area contributed by atoms with E-state index in [4.69, 9.17) is 5.73 Å². The van der Waals surface area contributed by atoms with Gasteiger partial charge in [-0.25, -0.2) is 8.78 Å². The second kappa shape index (κ2) is 5.58. The lowest BCUT2D eigenvalue weighted by Crippen LogP contribution is -2.14. The van der Waals surface area contributed by atoms with Crippen molar-refractivity contribution in [3.63, 3.8) is 0 Å². The van der Waals surface area contributed by atoms with Gasteiger partial charge in [0.2, 0.25) is 0 Å². The second-order valence-electron chi connectivity index (χ2n) is 4.27. The smallest absolute Gasteiger partial charge is 0.255 e. The SMILES string of the molecule is Cc1cc(C(=O)Nc2c(F)cc(F)cc2Br)ccc1N. The van der Waals surface area contributed by atoms with Gasteiger partial charge in [0.1, 0.15) is 5.82 Å². The van der Waals surface area contributed by atoms with Gasteiger partial charge in [0.15, 0.2) is 5.82 Å². The molecule has 0 fully saturated rings. The van der Waals surface area contributed by atoms with E-state index in [0.29, 0.717) is 17.3 Å². The molecule has 0 spiro atoms. The molecule has 6 heteroatoms. The quantitative estimate of drug-likeness (QED) is 0.815. The molecule has 1 amide bonds. The maximum absolute atomic E-state index is 13.6. The molecule has 0 heterocycles. The van der Waals surface area contributed by atoms with E-state index in [1.165, 1.54) is 6.07 Å². The third kappa shape index (κ3) is 2.96. The zero-order chi connectivity index (χ0) is 14.9. The van der Waals surface area contributed by atoms with Crippen molar-refractivity contribution < 1.29 is 13.6 Å². The van der Waals surface area contributed by atoms with Crippen molar-refractivity contribution in [3.8, 4) is 0 Å². The van der Waals surface area contributed by atoms with Crippen LogP contribution >= 0.6 is 15.9 Å². The maximum Gasteiger partial charge on any atom is 0.255 e. The summed E-state index contributed by atoms with van der Waals surface area (Å²) in [7, 11) is 0. The minimum absolute atomic E-state index is 0.106. The predicted octanol–water partition coefficient (Wildman–Crippen LogP) is 3.87. The van der Waals surface area contributed by atoms with Crippen LogP contribution in [0, 0.1) is 18.6 Å². The molecule has 20 heavy (non-hydrogen) atoms. The van der Waals surface area contributed by atoms with Crippen LogP contribution in [0.4, 0.5) is 20.2 Å². The number of nitrogen functional groups attached to an aromatic ring is 1. The number of nitrogens with one attached hydrogen (secondary N) is 1. The number of aryl methyl sites for hydroxylation is 1. The minimum Gasteiger partial charge on any atom is -0.399 e. The van der Waals surface area contributed by atoms with Crippen molar-refractivity contribution in [3.05, 3.63) is 57.6 Å². The second-order valence-corrected chi connectivity index (χ2v) is 5.12. The van der Waals surface area contributed by atoms with Gasteiger partial charge in [-0.05, 0) is 52.7 Å². The lowest BCUT2D eigenvalue weighted by atomic mass is 10.1. The number of carbonyl (C=O) groups excluding carboxylic acids is 1. The van der Waals surface area contributed by atoms with Gasteiger partial charge in [0.05, 0.1) is 5.69 Å². The fourth-order valence-electron chi connectivity index (χ4n) is 1.66. The van der Waals surface area contributed by atoms with Crippen molar-refractivity contribution in [1.29, 1.82) is 0 Å². The lowest BCUT2D eigenvalue weighted by molar-refractivity contribution is 0.102. The van der Waals surface area contributed by atoms with E-state index in [2.05, 4.69) is 21.2 Å². The molecule has 3 nitrogen and oxygen atoms in total. The molecule has 2 rings (SSSR count). The first kappa shape index (κ1) is 14.5. The molecule has 3 N–H and O–H groups in total. The molecule has 104 valence electrons. The Morgan fingerprint density at radius 2 is 1.95 bits per heavy atom. The summed E-state index contributed by atoms with van der Waals surface area (Å²) >= 11 is 3.01. The highest BCUT2D eigenvalue weighted by molar-refractivity contribution is 9.10. The molecule has 0 aliphatic rings. The van der Waals surface area contributed by atoms with E-state index < -0.39 is 17.5 Å². The highest BCUT2D eigenvalue weighted by Crippen LogP contribution is 2.27. The topological polar surface area (TPSA) is 55.1 Å². The van der Waals surface area contributed by atoms with Gasteiger partial charge in [0, 0.05) is 21.8 Å². The zero-order valence-corrected chi connectivity index (χ0v) is 12.1. The van der Waals surface area contributed by atoms with Gasteiger partial charge in [-0.15, -0.1) is 0 Å². The Morgan fingerprint density at radius 1 is 1.25 bits per heavy atom. The van der Waals surface area contributed by atoms with Crippen molar-refractivity contribution in [1.82, 2.24) is 0 Å². The van der Waals surface area contributed by atoms with Crippen molar-refractivity contribution in [2.24, 2.45) is 0 Å². The summed E-state index contributed by atoms with van der Waals surface area (Å²) in [5.41, 5.74) is 7.21. The molecule has 0 saturated carbocycles. The predicted molar refractivity (Wildman–Crippen MR) is 77.6 cm³/mol. The third-order valence-electron chi connectivity index (χ3n) is 2.78. The summed E-state index contributed by atoms with van der Waals surface area (Å²) in [6.07, 6.45) is 0. The first-order valence-corrected chi connectivity index (χ1v) is 6.50. The molecule has 0 radical (unpaired) electrons. The zero-order valence-electron chi connectivity index (χ0n) is 10.5. The standard InChI is InChI=1S/C14H11BrF2N2O/c1-7-4-8(2-3-12(7)18)14(20)19-13-10(15)5-9(16)6-11(13)17/h2-6H,18H2,1H3,(H,19,20). The highest BCUT2D eigenvalue weighted by Gasteiger charge is 2.14. The van der Waals surface area contributed by atoms with Crippen LogP contribution in [0.2, 0.25) is 0 Å². The molecule has 0 aliphatic carbocycles. The van der Waals surface area contributed by atoms with Crippen molar-refractivity contribution >= 4 is 33.2 Å². The van der Waals surface area contributed by atoms with Crippen molar-refractivity contribution in [2.45, 2.75) is 6.92 Å². The average molecular weight is 341 g/mol. The molecule has 0 aliphatic heterocycles. The molecule has 2 aromatic rings. The monoisotopic (exact) mass is 340 g/mol. The number of anilines is 2. The number of amides is 1. The number of hydrogen-bond donors (Lipinski definition) is 2. The molecular formula is C14H11BrF2N2O. The Bertz CT molecular complexity index is 666. The van der Waals surface area contributed by atoms with E-state index in [0.717, 1.165) is 11.6 Å². The Balaban J connectivity index is 2.30. The summed E-state index contributed by atoms with van der Waals surface area (Å²) < 4.78 is 26.7. The maximum atomic E-state index is 13.6. The van der Waals surface area contributed by atoms with Crippen LogP contribution in [0.5, 0.6) is 0 Å². The van der Waals surface area contributed by atoms with Crippen LogP contribution in [0.1, 0.15) is 15.9 Å². The summed E-state index contributed by atoms with van der Waals surface area (Å²) in [5, 5.41) is 2.40. The summed E-state index contributed by atoms with van der Waals surface area (Å²) in [4.78, 5) is 12.0. The molecule has 0 saturated heterocycles. The number of benzene rings is 2. The van der Waals surface area contributed by atoms with Gasteiger partial charge in [-0.2, -0.15) is 0 Å². The van der Waals surface area contributed by atoms with Crippen LogP contribution < -0.4 is 11.1 Å². The fourth-order valence-corrected chi connectivity index (χ4v) is 2.17. The van der Waals surface area contributed by atoms with Gasteiger partial charge >= 0.3 is 0 Å². The molecular weight excluding hydrogens is 330 g/mol. The van der Waals surface area contributed by atoms with E-state index in [9.17, 15) is 13.6 Å². The first-order chi connectivity index (χ1) is 9.38. The van der Waals surface area contributed by atoms with Gasteiger partial charge in [0.25, 0.3) is 5.91 Å². The number of rotatable bonds is 2. The van der Waals surface area contributed by atoms with E-state index in [1.807, 2.05) is 0 Å². The first-order valence-electron chi connectivity index (χ1n) is 5.70. The number of halogens is 3. The number of carbonyl (C=O) groups is 1. The Morgan fingerprint density at radius 3 is 2.55 bits per heavy atom. The Hall–Kier alpha value is -1.95. The molecule has 2 aromatic carbocycles. The van der Waals surface area contributed by atoms with Crippen LogP contribution in [0.3, 0.4) is 0 Å².